The number of anilines is 3. The molecular weight excluding hydrogens is 378 g/mol. The van der Waals surface area contributed by atoms with Gasteiger partial charge in [-0.05, 0) is 25.7 Å². The van der Waals surface area contributed by atoms with E-state index in [4.69, 9.17) is 0 Å². The Bertz CT molecular complexity index is 999. The monoisotopic (exact) mass is 407 g/mol. The highest BCUT2D eigenvalue weighted by molar-refractivity contribution is 6.04. The van der Waals surface area contributed by atoms with E-state index in [9.17, 15) is 10.1 Å². The van der Waals surface area contributed by atoms with Gasteiger partial charge in [-0.15, -0.1) is 0 Å². The molecule has 1 saturated carbocycles. The fourth-order valence-electron chi connectivity index (χ4n) is 4.45. The zero-order valence-corrected chi connectivity index (χ0v) is 18.1. The molecule has 1 unspecified atom stereocenters. The van der Waals surface area contributed by atoms with Crippen LogP contribution in [0.4, 0.5) is 17.2 Å². The van der Waals surface area contributed by atoms with E-state index in [0.29, 0.717) is 13.1 Å². The summed E-state index contributed by atoms with van der Waals surface area (Å²) >= 11 is 0. The first-order valence-electron chi connectivity index (χ1n) is 10.5. The molecule has 0 aromatic carbocycles. The molecule has 1 atom stereocenters. The third kappa shape index (κ3) is 3.60. The Hall–Kier alpha value is -3.08. The van der Waals surface area contributed by atoms with Gasteiger partial charge in [-0.3, -0.25) is 9.48 Å². The van der Waals surface area contributed by atoms with Crippen LogP contribution < -0.4 is 15.5 Å². The van der Waals surface area contributed by atoms with Crippen LogP contribution in [0.5, 0.6) is 0 Å². The van der Waals surface area contributed by atoms with E-state index in [1.807, 2.05) is 42.0 Å². The molecule has 0 bridgehead atoms. The Labute approximate surface area is 177 Å². The lowest BCUT2D eigenvalue weighted by atomic mass is 9.70. The number of hydrogen-bond donors (Lipinski definition) is 2. The summed E-state index contributed by atoms with van der Waals surface area (Å²) in [5, 5.41) is 20.3. The minimum absolute atomic E-state index is 0.0135. The van der Waals surface area contributed by atoms with Crippen molar-refractivity contribution in [3.63, 3.8) is 0 Å². The smallest absolute Gasteiger partial charge is 0.247 e. The summed E-state index contributed by atoms with van der Waals surface area (Å²) in [4.78, 5) is 19.1. The molecule has 2 aromatic rings. The van der Waals surface area contributed by atoms with Gasteiger partial charge in [0.2, 0.25) is 5.91 Å². The number of carbonyl (C=O) groups is 1. The van der Waals surface area contributed by atoms with Crippen LogP contribution in [0.1, 0.15) is 44.4 Å². The summed E-state index contributed by atoms with van der Waals surface area (Å²) in [6.45, 7) is 7.26. The quantitative estimate of drug-likeness (QED) is 0.762. The van der Waals surface area contributed by atoms with Gasteiger partial charge in [-0.25, -0.2) is 4.98 Å². The maximum absolute atomic E-state index is 12.5. The van der Waals surface area contributed by atoms with E-state index >= 15 is 0 Å². The average Bonchev–Trinajstić information content (AvgIpc) is 3.11. The third-order valence-electron chi connectivity index (χ3n) is 6.30. The van der Waals surface area contributed by atoms with Gasteiger partial charge in [0.25, 0.3) is 0 Å². The molecule has 4 rings (SSSR count). The van der Waals surface area contributed by atoms with Crippen molar-refractivity contribution in [1.29, 1.82) is 5.26 Å². The molecule has 3 heterocycles. The molecule has 8 nitrogen and oxygen atoms in total. The number of carbonyl (C=O) groups excluding carboxylic acids is 1. The normalized spacial score (nSPS) is 19.7. The first-order valence-corrected chi connectivity index (χ1v) is 10.5. The van der Waals surface area contributed by atoms with Crippen molar-refractivity contribution >= 4 is 23.1 Å². The largest absolute Gasteiger partial charge is 0.366 e. The Morgan fingerprint density at radius 1 is 1.43 bits per heavy atom. The molecular formula is C22H29N7O. The maximum atomic E-state index is 12.5. The van der Waals surface area contributed by atoms with Gasteiger partial charge in [0, 0.05) is 31.4 Å². The van der Waals surface area contributed by atoms with Crippen LogP contribution in [-0.4, -0.2) is 33.8 Å². The Morgan fingerprint density at radius 2 is 2.20 bits per heavy atom. The van der Waals surface area contributed by atoms with E-state index in [0.717, 1.165) is 47.7 Å². The van der Waals surface area contributed by atoms with Gasteiger partial charge in [-0.2, -0.15) is 10.4 Å². The molecule has 0 radical (unpaired) electrons. The number of nitrogens with one attached hydrogen (secondary N) is 2. The number of nitrogens with zero attached hydrogens (tertiary/aromatic N) is 5. The number of pyridine rings is 1. The van der Waals surface area contributed by atoms with Crippen molar-refractivity contribution in [3.05, 3.63) is 29.7 Å². The van der Waals surface area contributed by atoms with Crippen molar-refractivity contribution in [2.24, 2.45) is 11.3 Å². The summed E-state index contributed by atoms with van der Waals surface area (Å²) in [6.07, 6.45) is 6.87. The minimum atomic E-state index is -0.240. The number of fused-ring (bicyclic) bond motifs is 1. The number of aromatic nitrogens is 3. The van der Waals surface area contributed by atoms with E-state index < -0.39 is 0 Å². The second-order valence-electron chi connectivity index (χ2n) is 8.92. The first kappa shape index (κ1) is 20.2. The van der Waals surface area contributed by atoms with Crippen LogP contribution in [0.15, 0.2) is 18.5 Å². The van der Waals surface area contributed by atoms with Gasteiger partial charge in [0.05, 0.1) is 41.3 Å². The fraction of sp³-hybridized carbons (Fsp3) is 0.545. The number of hydrogen-bond acceptors (Lipinski definition) is 6. The first-order chi connectivity index (χ1) is 14.3. The maximum Gasteiger partial charge on any atom is 0.247 e. The summed E-state index contributed by atoms with van der Waals surface area (Å²) in [5.74, 6) is 0.975. The highest BCUT2D eigenvalue weighted by atomic mass is 16.2. The van der Waals surface area contributed by atoms with Crippen LogP contribution in [0.25, 0.3) is 0 Å². The predicted octanol–water partition coefficient (Wildman–Crippen LogP) is 3.31. The number of nitriles is 1. The molecule has 0 spiro atoms. The minimum Gasteiger partial charge on any atom is -0.366 e. The predicted molar refractivity (Wildman–Crippen MR) is 116 cm³/mol. The van der Waals surface area contributed by atoms with Crippen molar-refractivity contribution in [3.8, 4) is 6.07 Å². The molecule has 1 aliphatic carbocycles. The van der Waals surface area contributed by atoms with Crippen LogP contribution >= 0.6 is 0 Å². The number of rotatable bonds is 6. The lowest BCUT2D eigenvalue weighted by molar-refractivity contribution is -0.118. The Kier molecular flexibility index (Phi) is 5.14. The van der Waals surface area contributed by atoms with Crippen molar-refractivity contribution < 1.29 is 4.79 Å². The lowest BCUT2D eigenvalue weighted by Crippen LogP contribution is -2.49. The average molecular weight is 408 g/mol. The standard InChI is InChI=1S/C22H29N7O/c1-14(2)20-21(30)27-19-15(3)26-18(8-17(19)28(20)4)24-9-16-10-25-29(11-16)13-22(12-23)6-5-7-22/h8,10-11,14,20H,5-7,9,13H2,1-4H3,(H,24,26)(H,27,30). The fourth-order valence-corrected chi connectivity index (χ4v) is 4.45. The molecule has 8 heteroatoms. The van der Waals surface area contributed by atoms with Gasteiger partial charge in [0.15, 0.2) is 0 Å². The van der Waals surface area contributed by atoms with E-state index in [-0.39, 0.29) is 23.3 Å². The second-order valence-corrected chi connectivity index (χ2v) is 8.92. The van der Waals surface area contributed by atoms with Gasteiger partial charge in [0.1, 0.15) is 11.9 Å². The highest BCUT2D eigenvalue weighted by Crippen LogP contribution is 2.41. The van der Waals surface area contributed by atoms with Crippen LogP contribution in [0.3, 0.4) is 0 Å². The summed E-state index contributed by atoms with van der Waals surface area (Å²) in [6, 6.07) is 4.25. The molecule has 2 N–H and O–H groups in total. The lowest BCUT2D eigenvalue weighted by Gasteiger charge is -2.38. The molecule has 2 aliphatic rings. The van der Waals surface area contributed by atoms with Crippen LogP contribution in [-0.2, 0) is 17.9 Å². The zero-order chi connectivity index (χ0) is 21.5. The van der Waals surface area contributed by atoms with Crippen molar-refractivity contribution in [1.82, 2.24) is 14.8 Å². The Balaban J connectivity index is 1.47. The second kappa shape index (κ2) is 7.63. The SMILES string of the molecule is Cc1nc(NCc2cnn(CC3(C#N)CCC3)c2)cc2c1NC(=O)C(C(C)C)N2C. The summed E-state index contributed by atoms with van der Waals surface area (Å²) < 4.78 is 1.88. The number of likely N-dealkylation sites (N-methyl/N-ethyl adjacent to an activating group) is 1. The molecule has 2 aromatic heterocycles. The molecule has 1 fully saturated rings. The van der Waals surface area contributed by atoms with Gasteiger partial charge in [-0.1, -0.05) is 20.3 Å². The number of amides is 1. The van der Waals surface area contributed by atoms with Gasteiger partial charge >= 0.3 is 0 Å². The molecule has 1 aliphatic heterocycles. The van der Waals surface area contributed by atoms with Crippen molar-refractivity contribution in [2.45, 2.75) is 59.2 Å². The third-order valence-corrected chi connectivity index (χ3v) is 6.30. The highest BCUT2D eigenvalue weighted by Gasteiger charge is 2.38. The van der Waals surface area contributed by atoms with E-state index in [1.54, 1.807) is 0 Å². The molecule has 0 saturated heterocycles. The topological polar surface area (TPSA) is 98.9 Å². The van der Waals surface area contributed by atoms with Crippen LogP contribution in [0.2, 0.25) is 0 Å². The van der Waals surface area contributed by atoms with Crippen molar-refractivity contribution in [2.75, 3.05) is 22.6 Å². The zero-order valence-electron chi connectivity index (χ0n) is 18.1. The molecule has 158 valence electrons. The summed E-state index contributed by atoms with van der Waals surface area (Å²) in [5.41, 5.74) is 3.34. The molecule has 1 amide bonds. The number of aryl methyl sites for hydroxylation is 1. The van der Waals surface area contributed by atoms with Gasteiger partial charge < -0.3 is 15.5 Å². The van der Waals surface area contributed by atoms with E-state index in [1.165, 1.54) is 0 Å². The van der Waals surface area contributed by atoms with Crippen LogP contribution in [0, 0.1) is 29.6 Å². The Morgan fingerprint density at radius 3 is 2.83 bits per heavy atom. The molecule has 30 heavy (non-hydrogen) atoms. The van der Waals surface area contributed by atoms with E-state index in [2.05, 4.69) is 40.6 Å². The summed E-state index contributed by atoms with van der Waals surface area (Å²) in [7, 11) is 1.96.